The fourth-order valence-corrected chi connectivity index (χ4v) is 3.49. The van der Waals surface area contributed by atoms with E-state index in [1.807, 2.05) is 24.3 Å². The van der Waals surface area contributed by atoms with Gasteiger partial charge in [-0.3, -0.25) is 14.8 Å². The molecule has 1 N–H and O–H groups in total. The van der Waals surface area contributed by atoms with Gasteiger partial charge in [-0.1, -0.05) is 0 Å². The van der Waals surface area contributed by atoms with Crippen molar-refractivity contribution in [3.63, 3.8) is 0 Å². The molecule has 0 fully saturated rings. The smallest absolute Gasteiger partial charge is 0.253 e. The van der Waals surface area contributed by atoms with E-state index in [9.17, 15) is 4.79 Å². The fraction of sp³-hybridized carbons (Fsp3) is 0.261. The van der Waals surface area contributed by atoms with E-state index in [2.05, 4.69) is 15.3 Å². The Bertz CT molecular complexity index is 996. The molecule has 1 amide bonds. The van der Waals surface area contributed by atoms with Gasteiger partial charge in [-0.15, -0.1) is 0 Å². The van der Waals surface area contributed by atoms with Crippen LogP contribution < -0.4 is 14.8 Å². The Morgan fingerprint density at radius 1 is 1.13 bits per heavy atom. The molecule has 3 heterocycles. The molecule has 0 radical (unpaired) electrons. The second-order valence-electron chi connectivity index (χ2n) is 6.92. The third-order valence-electron chi connectivity index (χ3n) is 4.90. The molecule has 1 aliphatic rings. The SMILES string of the molecule is COCCOc1ccc2c(c1-c1ccncc1)C[C@H](NC(=O)c1cccnc1)CO2. The molecule has 30 heavy (non-hydrogen) atoms. The van der Waals surface area contributed by atoms with Crippen LogP contribution in [0.4, 0.5) is 0 Å². The van der Waals surface area contributed by atoms with Crippen molar-refractivity contribution in [1.82, 2.24) is 15.3 Å². The lowest BCUT2D eigenvalue weighted by molar-refractivity contribution is 0.0915. The lowest BCUT2D eigenvalue weighted by Crippen LogP contribution is -2.42. The Morgan fingerprint density at radius 3 is 2.77 bits per heavy atom. The number of hydrogen-bond acceptors (Lipinski definition) is 6. The second-order valence-corrected chi connectivity index (χ2v) is 6.92. The number of hydrogen-bond donors (Lipinski definition) is 1. The van der Waals surface area contributed by atoms with Gasteiger partial charge in [0.25, 0.3) is 5.91 Å². The third-order valence-corrected chi connectivity index (χ3v) is 4.90. The summed E-state index contributed by atoms with van der Waals surface area (Å²) in [4.78, 5) is 20.7. The summed E-state index contributed by atoms with van der Waals surface area (Å²) in [6.07, 6.45) is 7.32. The van der Waals surface area contributed by atoms with Crippen molar-refractivity contribution in [1.29, 1.82) is 0 Å². The van der Waals surface area contributed by atoms with Crippen LogP contribution in [0.1, 0.15) is 15.9 Å². The Hall–Kier alpha value is -3.45. The normalized spacial score (nSPS) is 15.0. The molecule has 0 spiro atoms. The maximum absolute atomic E-state index is 12.6. The molecule has 1 atom stereocenters. The van der Waals surface area contributed by atoms with Gasteiger partial charge in [0.15, 0.2) is 0 Å². The molecule has 0 saturated heterocycles. The Balaban J connectivity index is 1.62. The molecule has 0 unspecified atom stereocenters. The van der Waals surface area contributed by atoms with Crippen molar-refractivity contribution in [2.24, 2.45) is 0 Å². The number of aromatic nitrogens is 2. The minimum Gasteiger partial charge on any atom is -0.491 e. The summed E-state index contributed by atoms with van der Waals surface area (Å²) in [5.74, 6) is 1.38. The lowest BCUT2D eigenvalue weighted by Gasteiger charge is -2.29. The molecule has 7 nitrogen and oxygen atoms in total. The van der Waals surface area contributed by atoms with E-state index in [0.717, 1.165) is 28.2 Å². The number of carbonyl (C=O) groups excluding carboxylic acids is 1. The minimum atomic E-state index is -0.168. The summed E-state index contributed by atoms with van der Waals surface area (Å²) in [6, 6.07) is 11.0. The largest absolute Gasteiger partial charge is 0.491 e. The molecule has 0 saturated carbocycles. The molecule has 7 heteroatoms. The van der Waals surface area contributed by atoms with E-state index in [4.69, 9.17) is 14.2 Å². The highest BCUT2D eigenvalue weighted by Gasteiger charge is 2.27. The van der Waals surface area contributed by atoms with Gasteiger partial charge in [0.2, 0.25) is 0 Å². The van der Waals surface area contributed by atoms with Gasteiger partial charge in [0.1, 0.15) is 24.7 Å². The number of pyridine rings is 2. The fourth-order valence-electron chi connectivity index (χ4n) is 3.49. The first-order valence-electron chi connectivity index (χ1n) is 9.78. The van der Waals surface area contributed by atoms with Crippen molar-refractivity contribution in [2.45, 2.75) is 12.5 Å². The van der Waals surface area contributed by atoms with Gasteiger partial charge in [-0.2, -0.15) is 0 Å². The van der Waals surface area contributed by atoms with Crippen molar-refractivity contribution in [2.75, 3.05) is 26.9 Å². The number of carbonyl (C=O) groups is 1. The van der Waals surface area contributed by atoms with E-state index < -0.39 is 0 Å². The zero-order chi connectivity index (χ0) is 20.8. The average Bonchev–Trinajstić information content (AvgIpc) is 2.80. The number of amides is 1. The van der Waals surface area contributed by atoms with E-state index in [1.54, 1.807) is 44.0 Å². The molecule has 1 aliphatic heterocycles. The number of nitrogens with one attached hydrogen (secondary N) is 1. The number of nitrogens with zero attached hydrogens (tertiary/aromatic N) is 2. The summed E-state index contributed by atoms with van der Waals surface area (Å²) >= 11 is 0. The van der Waals surface area contributed by atoms with Crippen molar-refractivity contribution in [3.05, 3.63) is 72.3 Å². The molecule has 0 aliphatic carbocycles. The molecule has 154 valence electrons. The zero-order valence-corrected chi connectivity index (χ0v) is 16.7. The highest BCUT2D eigenvalue weighted by Crippen LogP contribution is 2.41. The Labute approximate surface area is 175 Å². The van der Waals surface area contributed by atoms with Gasteiger partial charge in [-0.25, -0.2) is 0 Å². The minimum absolute atomic E-state index is 0.167. The Morgan fingerprint density at radius 2 is 2.00 bits per heavy atom. The topological polar surface area (TPSA) is 82.6 Å². The van der Waals surface area contributed by atoms with Gasteiger partial charge in [-0.05, 0) is 42.0 Å². The number of benzene rings is 1. The molecule has 0 bridgehead atoms. The van der Waals surface area contributed by atoms with Crippen LogP contribution in [0.5, 0.6) is 11.5 Å². The van der Waals surface area contributed by atoms with Crippen LogP contribution in [-0.2, 0) is 11.2 Å². The predicted molar refractivity (Wildman–Crippen MR) is 112 cm³/mol. The van der Waals surface area contributed by atoms with Crippen molar-refractivity contribution >= 4 is 5.91 Å². The number of rotatable bonds is 7. The monoisotopic (exact) mass is 405 g/mol. The molecular weight excluding hydrogens is 382 g/mol. The van der Waals surface area contributed by atoms with Gasteiger partial charge >= 0.3 is 0 Å². The molecule has 2 aromatic heterocycles. The molecule has 3 aromatic rings. The summed E-state index contributed by atoms with van der Waals surface area (Å²) in [5, 5.41) is 3.05. The van der Waals surface area contributed by atoms with Gasteiger partial charge in [0, 0.05) is 49.4 Å². The number of ether oxygens (including phenoxy) is 3. The summed E-state index contributed by atoms with van der Waals surface area (Å²) in [5.41, 5.74) is 3.46. The van der Waals surface area contributed by atoms with Crippen LogP contribution in [0.3, 0.4) is 0 Å². The predicted octanol–water partition coefficient (Wildman–Crippen LogP) is 2.90. The van der Waals surface area contributed by atoms with Crippen LogP contribution >= 0.6 is 0 Å². The maximum Gasteiger partial charge on any atom is 0.253 e. The van der Waals surface area contributed by atoms with Gasteiger partial charge < -0.3 is 19.5 Å². The number of methoxy groups -OCH3 is 1. The standard InChI is InChI=1S/C23H23N3O4/c1-28-11-12-29-21-5-4-20-19(22(21)16-6-9-24-10-7-16)13-18(15-30-20)26-23(27)17-3-2-8-25-14-17/h2-10,14,18H,11-13,15H2,1H3,(H,26,27)/t18-/m0/s1. The summed E-state index contributed by atoms with van der Waals surface area (Å²) in [6.45, 7) is 1.33. The van der Waals surface area contributed by atoms with Crippen LogP contribution in [0, 0.1) is 0 Å². The van der Waals surface area contributed by atoms with Crippen molar-refractivity contribution in [3.8, 4) is 22.6 Å². The zero-order valence-electron chi connectivity index (χ0n) is 16.7. The molecule has 1 aromatic carbocycles. The second kappa shape index (κ2) is 9.37. The van der Waals surface area contributed by atoms with E-state index in [-0.39, 0.29) is 11.9 Å². The number of fused-ring (bicyclic) bond motifs is 1. The summed E-state index contributed by atoms with van der Waals surface area (Å²) in [7, 11) is 1.64. The third kappa shape index (κ3) is 4.41. The van der Waals surface area contributed by atoms with Crippen LogP contribution in [0.25, 0.3) is 11.1 Å². The van der Waals surface area contributed by atoms with Crippen LogP contribution in [0.2, 0.25) is 0 Å². The highest BCUT2D eigenvalue weighted by atomic mass is 16.5. The van der Waals surface area contributed by atoms with E-state index in [0.29, 0.717) is 31.8 Å². The maximum atomic E-state index is 12.6. The molecular formula is C23H23N3O4. The van der Waals surface area contributed by atoms with Crippen molar-refractivity contribution < 1.29 is 19.0 Å². The molecule has 4 rings (SSSR count). The highest BCUT2D eigenvalue weighted by molar-refractivity contribution is 5.94. The van der Waals surface area contributed by atoms with Crippen LogP contribution in [0.15, 0.2) is 61.2 Å². The first-order chi connectivity index (χ1) is 14.8. The average molecular weight is 405 g/mol. The van der Waals surface area contributed by atoms with Gasteiger partial charge in [0.05, 0.1) is 18.2 Å². The quantitative estimate of drug-likeness (QED) is 0.609. The van der Waals surface area contributed by atoms with E-state index >= 15 is 0 Å². The van der Waals surface area contributed by atoms with E-state index in [1.165, 1.54) is 0 Å². The summed E-state index contributed by atoms with van der Waals surface area (Å²) < 4.78 is 17.1. The first kappa shape index (κ1) is 19.8. The first-order valence-corrected chi connectivity index (χ1v) is 9.78. The lowest BCUT2D eigenvalue weighted by atomic mass is 9.92. The van der Waals surface area contributed by atoms with Crippen LogP contribution in [-0.4, -0.2) is 48.8 Å². The Kier molecular flexibility index (Phi) is 6.20.